The Balaban J connectivity index is 1.86. The summed E-state index contributed by atoms with van der Waals surface area (Å²) in [6, 6.07) is 5.19. The smallest absolute Gasteiger partial charge is 0.254 e. The minimum atomic E-state index is -0.406. The van der Waals surface area contributed by atoms with E-state index in [-0.39, 0.29) is 17.9 Å². The van der Waals surface area contributed by atoms with Crippen LogP contribution in [0.4, 0.5) is 0 Å². The number of ether oxygens (including phenoxy) is 1. The molecule has 0 saturated carbocycles. The van der Waals surface area contributed by atoms with Crippen molar-refractivity contribution in [2.24, 2.45) is 0 Å². The second-order valence-electron chi connectivity index (χ2n) is 6.48. The molecule has 2 heterocycles. The normalized spacial score (nSPS) is 23.2. The molecule has 1 aromatic carbocycles. The molecule has 24 heavy (non-hydrogen) atoms. The summed E-state index contributed by atoms with van der Waals surface area (Å²) in [4.78, 5) is 29.2. The van der Waals surface area contributed by atoms with Crippen LogP contribution >= 0.6 is 0 Å². The van der Waals surface area contributed by atoms with Crippen molar-refractivity contribution in [3.05, 3.63) is 42.0 Å². The van der Waals surface area contributed by atoms with E-state index in [0.717, 1.165) is 30.7 Å². The van der Waals surface area contributed by atoms with Crippen molar-refractivity contribution in [3.8, 4) is 5.75 Å². The maximum absolute atomic E-state index is 13.0. The lowest BCUT2D eigenvalue weighted by Crippen LogP contribution is -2.60. The van der Waals surface area contributed by atoms with Crippen LogP contribution in [0.15, 0.2) is 30.9 Å². The highest BCUT2D eigenvalue weighted by Gasteiger charge is 2.42. The highest BCUT2D eigenvalue weighted by atomic mass is 16.5. The number of methoxy groups -OCH3 is 1. The lowest BCUT2D eigenvalue weighted by atomic mass is 10.0. The third-order valence-corrected chi connectivity index (χ3v) is 5.05. The van der Waals surface area contributed by atoms with Crippen LogP contribution < -0.4 is 4.74 Å². The average Bonchev–Trinajstić information content (AvgIpc) is 3.06. The number of nitrogens with zero attached hydrogens (tertiary/aromatic N) is 2. The van der Waals surface area contributed by atoms with Gasteiger partial charge in [0.2, 0.25) is 5.91 Å². The number of carbonyl (C=O) groups excluding carboxylic acids is 2. The summed E-state index contributed by atoms with van der Waals surface area (Å²) in [5.41, 5.74) is 1.52. The third-order valence-electron chi connectivity index (χ3n) is 5.05. The Hall–Kier alpha value is -2.30. The Morgan fingerprint density at radius 1 is 1.46 bits per heavy atom. The first-order valence-electron chi connectivity index (χ1n) is 8.46. The van der Waals surface area contributed by atoms with Crippen molar-refractivity contribution in [1.29, 1.82) is 0 Å². The fourth-order valence-corrected chi connectivity index (χ4v) is 3.73. The van der Waals surface area contributed by atoms with Crippen molar-refractivity contribution < 1.29 is 14.3 Å². The number of carbonyl (C=O) groups is 2. The topological polar surface area (TPSA) is 49.9 Å². The zero-order valence-corrected chi connectivity index (χ0v) is 14.3. The van der Waals surface area contributed by atoms with Gasteiger partial charge in [-0.3, -0.25) is 9.59 Å². The first kappa shape index (κ1) is 16.6. The first-order chi connectivity index (χ1) is 11.6. The molecule has 5 nitrogen and oxygen atoms in total. The van der Waals surface area contributed by atoms with E-state index in [9.17, 15) is 9.59 Å². The number of rotatable bonds is 4. The van der Waals surface area contributed by atoms with Gasteiger partial charge in [-0.1, -0.05) is 6.08 Å². The quantitative estimate of drug-likeness (QED) is 0.797. The van der Waals surface area contributed by atoms with Crippen molar-refractivity contribution in [2.75, 3.05) is 20.2 Å². The number of benzene rings is 1. The zero-order chi connectivity index (χ0) is 17.3. The highest BCUT2D eigenvalue weighted by Crippen LogP contribution is 2.28. The Morgan fingerprint density at radius 3 is 2.96 bits per heavy atom. The molecule has 2 aliphatic heterocycles. The van der Waals surface area contributed by atoms with E-state index in [1.165, 1.54) is 0 Å². The van der Waals surface area contributed by atoms with Crippen molar-refractivity contribution in [2.45, 2.75) is 38.3 Å². The van der Waals surface area contributed by atoms with Crippen LogP contribution in [0.5, 0.6) is 5.75 Å². The Bertz CT molecular complexity index is 671. The second-order valence-corrected chi connectivity index (χ2v) is 6.48. The molecule has 2 aliphatic rings. The summed E-state index contributed by atoms with van der Waals surface area (Å²) in [6.07, 6.45) is 4.43. The third kappa shape index (κ3) is 2.79. The lowest BCUT2D eigenvalue weighted by Gasteiger charge is -2.41. The van der Waals surface area contributed by atoms with Gasteiger partial charge in [0.15, 0.2) is 0 Å². The predicted molar refractivity (Wildman–Crippen MR) is 92.1 cm³/mol. The van der Waals surface area contributed by atoms with Gasteiger partial charge in [0.1, 0.15) is 11.8 Å². The molecule has 0 aliphatic carbocycles. The summed E-state index contributed by atoms with van der Waals surface area (Å²) in [5, 5.41) is 0. The fraction of sp³-hybridized carbons (Fsp3) is 0.474. The van der Waals surface area contributed by atoms with Gasteiger partial charge in [-0.25, -0.2) is 0 Å². The van der Waals surface area contributed by atoms with Crippen LogP contribution in [-0.2, 0) is 11.2 Å². The molecular formula is C19H24N2O3. The number of hydrogen-bond donors (Lipinski definition) is 0. The van der Waals surface area contributed by atoms with Gasteiger partial charge in [0, 0.05) is 24.7 Å². The summed E-state index contributed by atoms with van der Waals surface area (Å²) in [5.74, 6) is 0.725. The second kappa shape index (κ2) is 6.67. The number of hydrogen-bond acceptors (Lipinski definition) is 3. The van der Waals surface area contributed by atoms with Gasteiger partial charge >= 0.3 is 0 Å². The molecule has 0 N–H and O–H groups in total. The van der Waals surface area contributed by atoms with Crippen LogP contribution in [0.1, 0.15) is 35.7 Å². The molecule has 128 valence electrons. The molecule has 1 aromatic rings. The monoisotopic (exact) mass is 328 g/mol. The van der Waals surface area contributed by atoms with E-state index in [1.54, 1.807) is 24.2 Å². The predicted octanol–water partition coefficient (Wildman–Crippen LogP) is 2.26. The average molecular weight is 328 g/mol. The number of fused-ring (bicyclic) bond motifs is 1. The molecule has 2 saturated heterocycles. The molecular weight excluding hydrogens is 304 g/mol. The van der Waals surface area contributed by atoms with Gasteiger partial charge in [0.25, 0.3) is 5.91 Å². The minimum Gasteiger partial charge on any atom is -0.496 e. The summed E-state index contributed by atoms with van der Waals surface area (Å²) in [7, 11) is 1.61. The fourth-order valence-electron chi connectivity index (χ4n) is 3.73. The summed E-state index contributed by atoms with van der Waals surface area (Å²) in [6.45, 7) is 7.02. The molecule has 3 rings (SSSR count). The zero-order valence-electron chi connectivity index (χ0n) is 14.3. The van der Waals surface area contributed by atoms with Crippen LogP contribution in [0.3, 0.4) is 0 Å². The van der Waals surface area contributed by atoms with E-state index in [1.807, 2.05) is 24.0 Å². The molecule has 0 unspecified atom stereocenters. The molecule has 2 amide bonds. The van der Waals surface area contributed by atoms with Crippen molar-refractivity contribution in [1.82, 2.24) is 9.80 Å². The van der Waals surface area contributed by atoms with Gasteiger partial charge in [-0.05, 0) is 49.9 Å². The first-order valence-corrected chi connectivity index (χ1v) is 8.46. The Kier molecular flexibility index (Phi) is 4.60. The van der Waals surface area contributed by atoms with Gasteiger partial charge in [-0.15, -0.1) is 6.58 Å². The van der Waals surface area contributed by atoms with Gasteiger partial charge < -0.3 is 14.5 Å². The number of amides is 2. The molecule has 0 bridgehead atoms. The summed E-state index contributed by atoms with van der Waals surface area (Å²) < 4.78 is 5.34. The van der Waals surface area contributed by atoms with Crippen LogP contribution in [-0.4, -0.2) is 53.9 Å². The van der Waals surface area contributed by atoms with Gasteiger partial charge in [-0.2, -0.15) is 0 Å². The maximum atomic E-state index is 13.0. The van der Waals surface area contributed by atoms with Crippen molar-refractivity contribution in [3.63, 3.8) is 0 Å². The Labute approximate surface area is 142 Å². The largest absolute Gasteiger partial charge is 0.496 e. The maximum Gasteiger partial charge on any atom is 0.254 e. The molecule has 2 fully saturated rings. The standard InChI is InChI=1S/C19H24N2O3/c1-4-6-14-11-15(8-9-17(14)24-3)19(23)21-12-16-7-5-10-20(16)18(22)13(21)2/h4,8-9,11,13,16H,1,5-7,10,12H2,2-3H3/t13-,16+/m1/s1. The molecule has 0 radical (unpaired) electrons. The number of allylic oxidation sites excluding steroid dienone is 1. The lowest BCUT2D eigenvalue weighted by molar-refractivity contribution is -0.141. The molecule has 0 aromatic heterocycles. The summed E-state index contributed by atoms with van der Waals surface area (Å²) >= 11 is 0. The van der Waals surface area contributed by atoms with E-state index in [4.69, 9.17) is 4.74 Å². The van der Waals surface area contributed by atoms with Crippen LogP contribution in [0, 0.1) is 0 Å². The molecule has 0 spiro atoms. The SMILES string of the molecule is C=CCc1cc(C(=O)N2C[C@@H]3CCCN3C(=O)[C@H]2C)ccc1OC. The van der Waals surface area contributed by atoms with Crippen molar-refractivity contribution >= 4 is 11.8 Å². The minimum absolute atomic E-state index is 0.0666. The van der Waals surface area contributed by atoms with Crippen LogP contribution in [0.2, 0.25) is 0 Å². The van der Waals surface area contributed by atoms with Gasteiger partial charge in [0.05, 0.1) is 7.11 Å². The number of piperazine rings is 1. The molecule has 5 heteroatoms. The Morgan fingerprint density at radius 2 is 2.25 bits per heavy atom. The molecule has 2 atom stereocenters. The highest BCUT2D eigenvalue weighted by molar-refractivity contribution is 5.98. The van der Waals surface area contributed by atoms with E-state index < -0.39 is 6.04 Å². The van der Waals surface area contributed by atoms with E-state index in [2.05, 4.69) is 6.58 Å². The van der Waals surface area contributed by atoms with E-state index in [0.29, 0.717) is 18.5 Å². The van der Waals surface area contributed by atoms with E-state index >= 15 is 0 Å². The van der Waals surface area contributed by atoms with Crippen LogP contribution in [0.25, 0.3) is 0 Å².